The van der Waals surface area contributed by atoms with Gasteiger partial charge in [-0.25, -0.2) is 12.1 Å². The Hall–Kier alpha value is 0.380. The SMILES string of the molecule is C[SiH]C.Cc1cc(C(C)C)c[cH-]1.Cc1cc(C(C)C)c[cH-]1.[Cl][Zr+2][Cl]. The summed E-state index contributed by atoms with van der Waals surface area (Å²) in [5, 5.41) is 0. The summed E-state index contributed by atoms with van der Waals surface area (Å²) in [6, 6.07) is 13.2. The Morgan fingerprint density at radius 1 is 0.833 bits per heavy atom. The Bertz CT molecular complexity index is 455. The summed E-state index contributed by atoms with van der Waals surface area (Å²) in [5.74, 6) is 1.36. The molecule has 0 N–H and O–H groups in total. The van der Waals surface area contributed by atoms with Gasteiger partial charge in [0.1, 0.15) is 0 Å². The van der Waals surface area contributed by atoms with Crippen LogP contribution in [0.2, 0.25) is 13.1 Å². The van der Waals surface area contributed by atoms with E-state index in [1.54, 1.807) is 0 Å². The van der Waals surface area contributed by atoms with Crippen LogP contribution in [0, 0.1) is 13.8 Å². The van der Waals surface area contributed by atoms with Crippen LogP contribution < -0.4 is 0 Å². The van der Waals surface area contributed by atoms with E-state index in [0.29, 0.717) is 11.8 Å². The second kappa shape index (κ2) is 16.8. The van der Waals surface area contributed by atoms with Crippen LogP contribution >= 0.6 is 17.0 Å². The van der Waals surface area contributed by atoms with Crippen LogP contribution in [0.3, 0.4) is 0 Å². The van der Waals surface area contributed by atoms with Crippen molar-refractivity contribution >= 4 is 26.5 Å². The maximum atomic E-state index is 4.93. The summed E-state index contributed by atoms with van der Waals surface area (Å²) >= 11 is -0.826. The Morgan fingerprint density at radius 2 is 1.08 bits per heavy atom. The van der Waals surface area contributed by atoms with E-state index >= 15 is 0 Å². The molecule has 0 aromatic heterocycles. The fraction of sp³-hybridized carbons (Fsp3) is 0.500. The van der Waals surface area contributed by atoms with Crippen molar-refractivity contribution in [3.05, 3.63) is 58.7 Å². The van der Waals surface area contributed by atoms with Gasteiger partial charge in [0.05, 0.1) is 0 Å². The molecule has 1 radical (unpaired) electrons. The van der Waals surface area contributed by atoms with Gasteiger partial charge in [-0.2, -0.15) is 46.5 Å². The van der Waals surface area contributed by atoms with Gasteiger partial charge in [-0.1, -0.05) is 66.5 Å². The molecule has 0 aliphatic heterocycles. The van der Waals surface area contributed by atoms with Crippen molar-refractivity contribution in [2.75, 3.05) is 0 Å². The molecule has 0 bridgehead atoms. The van der Waals surface area contributed by atoms with E-state index in [0.717, 1.165) is 9.52 Å². The van der Waals surface area contributed by atoms with E-state index in [4.69, 9.17) is 17.0 Å². The topological polar surface area (TPSA) is 0 Å². The Labute approximate surface area is 171 Å². The first-order valence-electron chi connectivity index (χ1n) is 8.40. The molecule has 0 aliphatic rings. The average molecular weight is 464 g/mol. The van der Waals surface area contributed by atoms with E-state index < -0.39 is 20.8 Å². The van der Waals surface area contributed by atoms with Crippen LogP contribution in [0.25, 0.3) is 0 Å². The molecule has 2 rings (SSSR count). The first-order chi connectivity index (χ1) is 11.2. The summed E-state index contributed by atoms with van der Waals surface area (Å²) in [7, 11) is 10.6. The molecule has 0 spiro atoms. The molecule has 0 saturated heterocycles. The third kappa shape index (κ3) is 14.7. The first kappa shape index (κ1) is 26.6. The third-order valence-corrected chi connectivity index (χ3v) is 3.20. The summed E-state index contributed by atoms with van der Waals surface area (Å²) in [6.45, 7) is 17.5. The van der Waals surface area contributed by atoms with E-state index in [2.05, 4.69) is 91.0 Å². The molecule has 2 aromatic rings. The zero-order chi connectivity index (χ0) is 19.1. The van der Waals surface area contributed by atoms with Crippen molar-refractivity contribution in [1.29, 1.82) is 0 Å². The summed E-state index contributed by atoms with van der Waals surface area (Å²) < 4.78 is 0. The van der Waals surface area contributed by atoms with Gasteiger partial charge in [-0.05, 0) is 0 Å². The second-order valence-corrected chi connectivity index (χ2v) is 11.3. The van der Waals surface area contributed by atoms with Crippen molar-refractivity contribution in [1.82, 2.24) is 0 Å². The third-order valence-electron chi connectivity index (χ3n) is 3.20. The summed E-state index contributed by atoms with van der Waals surface area (Å²) in [4.78, 5) is 0. The second-order valence-electron chi connectivity index (χ2n) is 6.40. The van der Waals surface area contributed by atoms with Crippen LogP contribution in [0.1, 0.15) is 61.8 Å². The van der Waals surface area contributed by atoms with E-state index in [-0.39, 0.29) is 0 Å². The molecule has 135 valence electrons. The molecule has 0 aliphatic carbocycles. The molecule has 0 fully saturated rings. The van der Waals surface area contributed by atoms with Crippen molar-refractivity contribution < 1.29 is 20.8 Å². The normalized spacial score (nSPS) is 9.17. The van der Waals surface area contributed by atoms with Gasteiger partial charge in [-0.15, -0.1) is 0 Å². The van der Waals surface area contributed by atoms with Crippen molar-refractivity contribution in [2.45, 2.75) is 66.5 Å². The number of aryl methyl sites for hydroxylation is 2. The van der Waals surface area contributed by atoms with Crippen LogP contribution in [0.15, 0.2) is 36.4 Å². The minimum absolute atomic E-state index is 0.679. The molecule has 24 heavy (non-hydrogen) atoms. The van der Waals surface area contributed by atoms with Gasteiger partial charge in [-0.3, -0.25) is 0 Å². The molecule has 0 nitrogen and oxygen atoms in total. The standard InChI is InChI=1S/2C9H13.C2H7Si.2ClH.Zr/c2*1-7(2)9-5-4-8(3)6-9;1-3-2;;;/h2*4-7H,1-3H3;3H,1-2H3;2*1H;/q2*-1;;;;+4/p-2. The molecular weight excluding hydrogens is 430 g/mol. The first-order valence-corrected chi connectivity index (χ1v) is 17.0. The fourth-order valence-corrected chi connectivity index (χ4v) is 1.89. The number of halogens is 2. The van der Waals surface area contributed by atoms with Crippen LogP contribution in [-0.2, 0) is 20.8 Å². The molecule has 0 atom stereocenters. The predicted octanol–water partition coefficient (Wildman–Crippen LogP) is 7.57. The number of rotatable bonds is 2. The van der Waals surface area contributed by atoms with E-state index in [1.165, 1.54) is 22.3 Å². The van der Waals surface area contributed by atoms with Gasteiger partial charge >= 0.3 is 37.9 Å². The quantitative estimate of drug-likeness (QED) is 0.318. The fourth-order valence-electron chi connectivity index (χ4n) is 1.89. The van der Waals surface area contributed by atoms with Crippen molar-refractivity contribution in [2.24, 2.45) is 0 Å². The van der Waals surface area contributed by atoms with Gasteiger partial charge in [0.2, 0.25) is 0 Å². The van der Waals surface area contributed by atoms with Crippen LogP contribution in [0.4, 0.5) is 0 Å². The number of hydrogen-bond acceptors (Lipinski definition) is 0. The molecule has 0 heterocycles. The Kier molecular flexibility index (Phi) is 18.7. The van der Waals surface area contributed by atoms with Gasteiger partial charge in [0, 0.05) is 9.52 Å². The summed E-state index contributed by atoms with van der Waals surface area (Å²) in [6.07, 6.45) is 0. The molecule has 0 amide bonds. The average Bonchev–Trinajstić information content (AvgIpc) is 3.10. The zero-order valence-electron chi connectivity index (χ0n) is 16.5. The van der Waals surface area contributed by atoms with E-state index in [1.807, 2.05) is 0 Å². The van der Waals surface area contributed by atoms with Crippen molar-refractivity contribution in [3.8, 4) is 0 Å². The zero-order valence-corrected chi connectivity index (χ0v) is 21.6. The van der Waals surface area contributed by atoms with Gasteiger partial charge in [0.25, 0.3) is 0 Å². The molecular formula is C20H33Cl2SiZr. The minimum atomic E-state index is -0.826. The monoisotopic (exact) mass is 461 g/mol. The van der Waals surface area contributed by atoms with Crippen LogP contribution in [-0.4, -0.2) is 9.52 Å². The Morgan fingerprint density at radius 3 is 1.17 bits per heavy atom. The number of hydrogen-bond donors (Lipinski definition) is 0. The molecule has 0 saturated carbocycles. The molecule has 4 heteroatoms. The van der Waals surface area contributed by atoms with E-state index in [9.17, 15) is 0 Å². The van der Waals surface area contributed by atoms with Crippen molar-refractivity contribution in [3.63, 3.8) is 0 Å². The van der Waals surface area contributed by atoms with Gasteiger partial charge < -0.3 is 0 Å². The Balaban J connectivity index is 0. The predicted molar refractivity (Wildman–Crippen MR) is 112 cm³/mol. The molecule has 2 aromatic carbocycles. The molecule has 0 unspecified atom stereocenters. The summed E-state index contributed by atoms with van der Waals surface area (Å²) in [5.41, 5.74) is 5.65. The maximum absolute atomic E-state index is 4.93. The van der Waals surface area contributed by atoms with Crippen LogP contribution in [0.5, 0.6) is 0 Å². The van der Waals surface area contributed by atoms with Gasteiger partial charge in [0.15, 0.2) is 0 Å².